The molecule has 0 heterocycles. The third-order valence-corrected chi connectivity index (χ3v) is 0. The summed E-state index contributed by atoms with van der Waals surface area (Å²) >= 11 is 0. The molecule has 0 aliphatic carbocycles. The minimum absolute atomic E-state index is 0. The standard InChI is InChI=1S/CF3.Ni/c2-1(3)4;/q-1;. The maximum absolute atomic E-state index is 9.58. The van der Waals surface area contributed by atoms with Crippen molar-refractivity contribution in [2.24, 2.45) is 0 Å². The first-order valence-electron chi connectivity index (χ1n) is 0.567. The van der Waals surface area contributed by atoms with Crippen LogP contribution in [0.15, 0.2) is 0 Å². The van der Waals surface area contributed by atoms with Crippen molar-refractivity contribution in [3.63, 3.8) is 0 Å². The smallest absolute Gasteiger partial charge is 0.154 e. The van der Waals surface area contributed by atoms with Crippen LogP contribution in [0.25, 0.3) is 0 Å². The predicted octanol–water partition coefficient (Wildman–Crippen LogP) is 1.34. The molecule has 0 aliphatic rings. The summed E-state index contributed by atoms with van der Waals surface area (Å²) in [6.07, 6.45) is 0. The summed E-state index contributed by atoms with van der Waals surface area (Å²) < 4.78 is 28.8. The van der Waals surface area contributed by atoms with E-state index in [1.807, 2.05) is 0 Å². The zero-order chi connectivity index (χ0) is 3.58. The van der Waals surface area contributed by atoms with Gasteiger partial charge in [0.05, 0.1) is 0 Å². The van der Waals surface area contributed by atoms with E-state index >= 15 is 0 Å². The van der Waals surface area contributed by atoms with Crippen LogP contribution in [-0.4, -0.2) is 0 Å². The van der Waals surface area contributed by atoms with Gasteiger partial charge < -0.3 is 13.2 Å². The fourth-order valence-electron chi connectivity index (χ4n) is 0. The SMILES string of the molecule is F[C-](F)F.[Ni]. The topological polar surface area (TPSA) is 0 Å². The van der Waals surface area contributed by atoms with Crippen LogP contribution in [0.5, 0.6) is 0 Å². The fraction of sp³-hybridized carbons (Fsp3) is 0. The van der Waals surface area contributed by atoms with Gasteiger partial charge in [0, 0.05) is 16.5 Å². The second-order valence-electron chi connectivity index (χ2n) is 0.214. The Kier molecular flexibility index (Phi) is 7.70. The van der Waals surface area contributed by atoms with Gasteiger partial charge in [-0.25, -0.2) is 0 Å². The van der Waals surface area contributed by atoms with Gasteiger partial charge >= 0.3 is 0 Å². The third kappa shape index (κ3) is 278. The first-order chi connectivity index (χ1) is 1.73. The molecule has 0 saturated carbocycles. The predicted molar refractivity (Wildman–Crippen MR) is 6.57 cm³/mol. The molecule has 0 nitrogen and oxygen atoms in total. The molecule has 0 spiro atoms. The van der Waals surface area contributed by atoms with Crippen molar-refractivity contribution in [1.82, 2.24) is 0 Å². The van der Waals surface area contributed by atoms with Gasteiger partial charge in [0.25, 0.3) is 0 Å². The summed E-state index contributed by atoms with van der Waals surface area (Å²) in [4.78, 5) is 0. The second kappa shape index (κ2) is 4.28. The van der Waals surface area contributed by atoms with Crippen LogP contribution in [0.2, 0.25) is 0 Å². The van der Waals surface area contributed by atoms with Crippen molar-refractivity contribution < 1.29 is 29.7 Å². The molecule has 5 heavy (non-hydrogen) atoms. The Morgan fingerprint density at radius 3 is 1.00 bits per heavy atom. The third-order valence-electron chi connectivity index (χ3n) is 0. The fourth-order valence-corrected chi connectivity index (χ4v) is 0. The number of hydrogen-bond donors (Lipinski definition) is 0. The quantitative estimate of drug-likeness (QED) is 0.341. The van der Waals surface area contributed by atoms with Crippen LogP contribution in [-0.2, 0) is 16.5 Å². The molecule has 4 heteroatoms. The van der Waals surface area contributed by atoms with Gasteiger partial charge in [0.2, 0.25) is 0 Å². The van der Waals surface area contributed by atoms with Crippen LogP contribution in [0.1, 0.15) is 0 Å². The zero-order valence-corrected chi connectivity index (χ0v) is 2.94. The molecule has 0 saturated heterocycles. The maximum atomic E-state index is 9.58. The molecule has 0 unspecified atom stereocenters. The molecule has 0 aromatic rings. The Morgan fingerprint density at radius 1 is 1.00 bits per heavy atom. The van der Waals surface area contributed by atoms with Crippen molar-refractivity contribution >= 4 is 0 Å². The second-order valence-corrected chi connectivity index (χ2v) is 0.214. The molecule has 0 rings (SSSR count). The summed E-state index contributed by atoms with van der Waals surface area (Å²) in [6, 6.07) is 0. The molecule has 0 amide bonds. The van der Waals surface area contributed by atoms with E-state index in [2.05, 4.69) is 0 Å². The largest absolute Gasteiger partial charge is 0.385 e. The van der Waals surface area contributed by atoms with Crippen molar-refractivity contribution in [2.45, 2.75) is 0 Å². The van der Waals surface area contributed by atoms with Crippen molar-refractivity contribution in [2.75, 3.05) is 0 Å². The molecule has 36 valence electrons. The van der Waals surface area contributed by atoms with E-state index in [0.717, 1.165) is 0 Å². The normalized spacial score (nSPS) is 7.20. The van der Waals surface area contributed by atoms with Crippen LogP contribution in [0, 0.1) is 6.68 Å². The Morgan fingerprint density at radius 2 is 1.00 bits per heavy atom. The summed E-state index contributed by atoms with van der Waals surface area (Å²) in [6.45, 7) is -3.08. The molecule has 0 N–H and O–H groups in total. The Balaban J connectivity index is 0. The Hall–Kier alpha value is 0.284. The molecule has 0 aliphatic heterocycles. The van der Waals surface area contributed by atoms with Gasteiger partial charge in [-0.05, 0) is 0 Å². The van der Waals surface area contributed by atoms with Gasteiger partial charge in [-0.15, -0.1) is 0 Å². The molecular formula is CF3Ni-. The summed E-state index contributed by atoms with van der Waals surface area (Å²) in [7, 11) is 0. The van der Waals surface area contributed by atoms with E-state index in [1.165, 1.54) is 0 Å². The van der Waals surface area contributed by atoms with Gasteiger partial charge in [-0.3, -0.25) is 0 Å². The number of halogens is 3. The number of hydrogen-bond acceptors (Lipinski definition) is 0. The molecule has 0 aromatic carbocycles. The molecule has 0 radical (unpaired) electrons. The molecular weight excluding hydrogens is 128 g/mol. The van der Waals surface area contributed by atoms with Crippen LogP contribution >= 0.6 is 0 Å². The van der Waals surface area contributed by atoms with E-state index in [4.69, 9.17) is 0 Å². The average molecular weight is 128 g/mol. The van der Waals surface area contributed by atoms with E-state index in [-0.39, 0.29) is 16.5 Å². The van der Waals surface area contributed by atoms with Crippen molar-refractivity contribution in [1.29, 1.82) is 0 Å². The molecule has 0 bridgehead atoms. The van der Waals surface area contributed by atoms with Gasteiger partial charge in [-0.2, -0.15) is 0 Å². The molecule has 0 atom stereocenters. The summed E-state index contributed by atoms with van der Waals surface area (Å²) in [5.74, 6) is 0. The van der Waals surface area contributed by atoms with Gasteiger partial charge in [0.15, 0.2) is 6.68 Å². The minimum Gasteiger partial charge on any atom is -0.385 e. The first-order valence-corrected chi connectivity index (χ1v) is 0.567. The first kappa shape index (κ1) is 8.99. The van der Waals surface area contributed by atoms with Crippen LogP contribution < -0.4 is 0 Å². The molecule has 0 aromatic heterocycles. The van der Waals surface area contributed by atoms with Crippen LogP contribution in [0.4, 0.5) is 13.2 Å². The van der Waals surface area contributed by atoms with E-state index < -0.39 is 6.68 Å². The Bertz CT molecular complexity index is 11.6. The van der Waals surface area contributed by atoms with Crippen molar-refractivity contribution in [3.05, 3.63) is 6.68 Å². The zero-order valence-electron chi connectivity index (χ0n) is 1.95. The van der Waals surface area contributed by atoms with Gasteiger partial charge in [-0.1, -0.05) is 0 Å². The minimum atomic E-state index is -3.08. The Labute approximate surface area is 37.3 Å². The van der Waals surface area contributed by atoms with E-state index in [0.29, 0.717) is 0 Å². The monoisotopic (exact) mass is 127 g/mol. The van der Waals surface area contributed by atoms with Gasteiger partial charge in [0.1, 0.15) is 0 Å². The summed E-state index contributed by atoms with van der Waals surface area (Å²) in [5, 5.41) is 0. The van der Waals surface area contributed by atoms with Crippen LogP contribution in [0.3, 0.4) is 0 Å². The van der Waals surface area contributed by atoms with Crippen molar-refractivity contribution in [3.8, 4) is 0 Å². The number of rotatable bonds is 0. The van der Waals surface area contributed by atoms with E-state index in [9.17, 15) is 13.2 Å². The maximum Gasteiger partial charge on any atom is 0.154 e. The molecule has 0 fully saturated rings. The van der Waals surface area contributed by atoms with E-state index in [1.54, 1.807) is 0 Å². The summed E-state index contributed by atoms with van der Waals surface area (Å²) in [5.41, 5.74) is 0. The average Bonchev–Trinajstić information content (AvgIpc) is 0.811.